The molecular formula is C23H23N3O2. The summed E-state index contributed by atoms with van der Waals surface area (Å²) in [4.78, 5) is 29.0. The van der Waals surface area contributed by atoms with Gasteiger partial charge in [-0.3, -0.25) is 14.6 Å². The van der Waals surface area contributed by atoms with Crippen molar-refractivity contribution in [1.82, 2.24) is 10.3 Å². The molecule has 5 heteroatoms. The van der Waals surface area contributed by atoms with Gasteiger partial charge >= 0.3 is 0 Å². The first-order chi connectivity index (χ1) is 13.5. The Kier molecular flexibility index (Phi) is 6.17. The standard InChI is InChI=1S/C23H23N3O2/c1-16-8-9-17(2)20(14-16)26-22(27)19-11-13-24-21(15-19)23(28)25-12-10-18-6-4-3-5-7-18/h3-9,11,13-15H,10,12H2,1-2H3,(H,25,28)(H,26,27). The maximum absolute atomic E-state index is 12.6. The third-order valence-corrected chi connectivity index (χ3v) is 4.44. The Morgan fingerprint density at radius 2 is 1.71 bits per heavy atom. The zero-order chi connectivity index (χ0) is 19.9. The maximum Gasteiger partial charge on any atom is 0.269 e. The van der Waals surface area contributed by atoms with Gasteiger partial charge in [0.1, 0.15) is 5.69 Å². The SMILES string of the molecule is Cc1ccc(C)c(NC(=O)c2ccnc(C(=O)NCCc3ccccc3)c2)c1. The first-order valence-electron chi connectivity index (χ1n) is 9.20. The van der Waals surface area contributed by atoms with Gasteiger partial charge in [-0.2, -0.15) is 0 Å². The van der Waals surface area contributed by atoms with Crippen LogP contribution in [0, 0.1) is 13.8 Å². The molecular weight excluding hydrogens is 350 g/mol. The molecule has 0 aliphatic heterocycles. The molecule has 3 rings (SSSR count). The summed E-state index contributed by atoms with van der Waals surface area (Å²) in [6.45, 7) is 4.41. The summed E-state index contributed by atoms with van der Waals surface area (Å²) in [7, 11) is 0. The number of nitrogens with zero attached hydrogens (tertiary/aromatic N) is 1. The van der Waals surface area contributed by atoms with E-state index in [0.29, 0.717) is 12.1 Å². The Balaban J connectivity index is 1.63. The number of rotatable bonds is 6. The van der Waals surface area contributed by atoms with Crippen LogP contribution in [-0.4, -0.2) is 23.3 Å². The lowest BCUT2D eigenvalue weighted by Crippen LogP contribution is -2.27. The number of hydrogen-bond donors (Lipinski definition) is 2. The summed E-state index contributed by atoms with van der Waals surface area (Å²) in [5, 5.41) is 5.75. The van der Waals surface area contributed by atoms with E-state index in [0.717, 1.165) is 28.8 Å². The Morgan fingerprint density at radius 3 is 2.50 bits per heavy atom. The van der Waals surface area contributed by atoms with Crippen molar-refractivity contribution in [1.29, 1.82) is 0 Å². The molecule has 0 aliphatic carbocycles. The van der Waals surface area contributed by atoms with Gasteiger partial charge in [-0.1, -0.05) is 42.5 Å². The van der Waals surface area contributed by atoms with Crippen LogP contribution >= 0.6 is 0 Å². The number of carbonyl (C=O) groups excluding carboxylic acids is 2. The smallest absolute Gasteiger partial charge is 0.269 e. The highest BCUT2D eigenvalue weighted by Crippen LogP contribution is 2.17. The summed E-state index contributed by atoms with van der Waals surface area (Å²) in [6, 6.07) is 18.9. The predicted molar refractivity (Wildman–Crippen MR) is 111 cm³/mol. The van der Waals surface area contributed by atoms with E-state index in [1.165, 1.54) is 12.3 Å². The van der Waals surface area contributed by atoms with Crippen molar-refractivity contribution >= 4 is 17.5 Å². The third-order valence-electron chi connectivity index (χ3n) is 4.44. The minimum Gasteiger partial charge on any atom is -0.350 e. The fourth-order valence-corrected chi connectivity index (χ4v) is 2.82. The highest BCUT2D eigenvalue weighted by molar-refractivity contribution is 6.06. The molecule has 142 valence electrons. The second-order valence-corrected chi connectivity index (χ2v) is 6.69. The van der Waals surface area contributed by atoms with Crippen molar-refractivity contribution < 1.29 is 9.59 Å². The molecule has 5 nitrogen and oxygen atoms in total. The van der Waals surface area contributed by atoms with Gasteiger partial charge in [0.05, 0.1) is 0 Å². The van der Waals surface area contributed by atoms with Crippen LogP contribution in [0.5, 0.6) is 0 Å². The normalized spacial score (nSPS) is 10.4. The fraction of sp³-hybridized carbons (Fsp3) is 0.174. The maximum atomic E-state index is 12.6. The Hall–Kier alpha value is -3.47. The number of pyridine rings is 1. The highest BCUT2D eigenvalue weighted by Gasteiger charge is 2.13. The molecule has 0 radical (unpaired) electrons. The van der Waals surface area contributed by atoms with E-state index in [4.69, 9.17) is 0 Å². The van der Waals surface area contributed by atoms with Gasteiger partial charge in [0.15, 0.2) is 0 Å². The summed E-state index contributed by atoms with van der Waals surface area (Å²) in [5.41, 5.74) is 4.57. The summed E-state index contributed by atoms with van der Waals surface area (Å²) in [5.74, 6) is -0.563. The summed E-state index contributed by atoms with van der Waals surface area (Å²) >= 11 is 0. The van der Waals surface area contributed by atoms with Gasteiger partial charge in [0, 0.05) is 24.0 Å². The molecule has 0 aliphatic rings. The lowest BCUT2D eigenvalue weighted by atomic mass is 10.1. The largest absolute Gasteiger partial charge is 0.350 e. The Bertz CT molecular complexity index is 984. The van der Waals surface area contributed by atoms with E-state index >= 15 is 0 Å². The molecule has 0 saturated heterocycles. The highest BCUT2D eigenvalue weighted by atomic mass is 16.2. The molecule has 0 bridgehead atoms. The van der Waals surface area contributed by atoms with Gasteiger partial charge in [-0.25, -0.2) is 0 Å². The number of aryl methyl sites for hydroxylation is 2. The van der Waals surface area contributed by atoms with Gasteiger partial charge in [-0.15, -0.1) is 0 Å². The fourth-order valence-electron chi connectivity index (χ4n) is 2.82. The molecule has 1 heterocycles. The van der Waals surface area contributed by atoms with Crippen molar-refractivity contribution in [2.45, 2.75) is 20.3 Å². The van der Waals surface area contributed by atoms with Crippen LogP contribution in [0.25, 0.3) is 0 Å². The molecule has 0 spiro atoms. The van der Waals surface area contributed by atoms with Crippen LogP contribution in [0.3, 0.4) is 0 Å². The van der Waals surface area contributed by atoms with Crippen LogP contribution in [0.1, 0.15) is 37.5 Å². The van der Waals surface area contributed by atoms with Crippen LogP contribution in [-0.2, 0) is 6.42 Å². The van der Waals surface area contributed by atoms with Gasteiger partial charge in [0.2, 0.25) is 0 Å². The van der Waals surface area contributed by atoms with Gasteiger partial charge in [0.25, 0.3) is 11.8 Å². The summed E-state index contributed by atoms with van der Waals surface area (Å²) < 4.78 is 0. The molecule has 2 aromatic carbocycles. The number of hydrogen-bond acceptors (Lipinski definition) is 3. The van der Waals surface area contributed by atoms with Crippen LogP contribution in [0.2, 0.25) is 0 Å². The monoisotopic (exact) mass is 373 g/mol. The first-order valence-corrected chi connectivity index (χ1v) is 9.20. The van der Waals surface area contributed by atoms with Crippen LogP contribution in [0.15, 0.2) is 66.9 Å². The number of aromatic nitrogens is 1. The molecule has 2 amide bonds. The number of carbonyl (C=O) groups is 2. The molecule has 28 heavy (non-hydrogen) atoms. The van der Waals surface area contributed by atoms with Crippen molar-refractivity contribution in [3.8, 4) is 0 Å². The van der Waals surface area contributed by atoms with Crippen molar-refractivity contribution in [3.63, 3.8) is 0 Å². The topological polar surface area (TPSA) is 71.1 Å². The predicted octanol–water partition coefficient (Wildman–Crippen LogP) is 3.92. The number of benzene rings is 2. The molecule has 1 aromatic heterocycles. The minimum absolute atomic E-state index is 0.224. The van der Waals surface area contributed by atoms with Gasteiger partial charge < -0.3 is 10.6 Å². The minimum atomic E-state index is -0.294. The lowest BCUT2D eigenvalue weighted by molar-refractivity contribution is 0.0949. The van der Waals surface area contributed by atoms with E-state index < -0.39 is 0 Å². The number of amides is 2. The Morgan fingerprint density at radius 1 is 0.929 bits per heavy atom. The molecule has 0 atom stereocenters. The number of anilines is 1. The van der Waals surface area contributed by atoms with Crippen molar-refractivity contribution in [2.75, 3.05) is 11.9 Å². The molecule has 0 fully saturated rings. The zero-order valence-corrected chi connectivity index (χ0v) is 16.0. The third kappa shape index (κ3) is 5.04. The van der Waals surface area contributed by atoms with E-state index in [1.54, 1.807) is 6.07 Å². The van der Waals surface area contributed by atoms with E-state index in [9.17, 15) is 9.59 Å². The van der Waals surface area contributed by atoms with Crippen LogP contribution < -0.4 is 10.6 Å². The van der Waals surface area contributed by atoms with E-state index in [-0.39, 0.29) is 17.5 Å². The van der Waals surface area contributed by atoms with Crippen molar-refractivity contribution in [3.05, 3.63) is 94.8 Å². The number of nitrogens with one attached hydrogen (secondary N) is 2. The zero-order valence-electron chi connectivity index (χ0n) is 16.0. The van der Waals surface area contributed by atoms with Gasteiger partial charge in [-0.05, 0) is 55.2 Å². The molecule has 0 saturated carbocycles. The first kappa shape index (κ1) is 19.3. The average molecular weight is 373 g/mol. The average Bonchev–Trinajstić information content (AvgIpc) is 2.71. The Labute approximate surface area is 164 Å². The second kappa shape index (κ2) is 8.95. The summed E-state index contributed by atoms with van der Waals surface area (Å²) in [6.07, 6.45) is 2.21. The lowest BCUT2D eigenvalue weighted by Gasteiger charge is -2.10. The van der Waals surface area contributed by atoms with Crippen molar-refractivity contribution in [2.24, 2.45) is 0 Å². The second-order valence-electron chi connectivity index (χ2n) is 6.69. The van der Waals surface area contributed by atoms with E-state index in [2.05, 4.69) is 15.6 Å². The molecule has 3 aromatic rings. The molecule has 2 N–H and O–H groups in total. The quantitative estimate of drug-likeness (QED) is 0.688. The molecule has 0 unspecified atom stereocenters. The van der Waals surface area contributed by atoms with Crippen LogP contribution in [0.4, 0.5) is 5.69 Å². The van der Waals surface area contributed by atoms with E-state index in [1.807, 2.05) is 62.4 Å².